The molecule has 0 aliphatic heterocycles. The van der Waals surface area contributed by atoms with Crippen LogP contribution in [-0.2, 0) is 0 Å². The largest absolute Gasteiger partial charge is 0.309 e. The van der Waals surface area contributed by atoms with Gasteiger partial charge in [0.1, 0.15) is 0 Å². The van der Waals surface area contributed by atoms with Crippen molar-refractivity contribution in [3.05, 3.63) is 206 Å². The molecule has 0 aliphatic rings. The van der Waals surface area contributed by atoms with Gasteiger partial charge in [-0.05, 0) is 81.9 Å². The summed E-state index contributed by atoms with van der Waals surface area (Å²) in [5.74, 6) is 0.662. The molecule has 5 heteroatoms. The highest BCUT2D eigenvalue weighted by atomic mass is 32.1. The second-order valence-corrected chi connectivity index (χ2v) is 17.5. The standard InChI is InChI=1S/C58H34N4S/c1-3-16-36(17-4-1)54-45-30-27-35-15-7-8-20-40(35)55(45)60-58(59-54)62-50-32-29-38(37-28-31-49-46(33-37)41-21-11-13-25-48(41)61(49)39-18-5-2-6-19-39)34-47(50)52-42-22-9-10-23-43(42)53-44-24-12-14-26-51(44)63-57(53)56(52)62/h1-34H. The van der Waals surface area contributed by atoms with Crippen molar-refractivity contribution >= 4 is 108 Å². The number of thiophene rings is 1. The molecule has 4 aromatic heterocycles. The van der Waals surface area contributed by atoms with Crippen molar-refractivity contribution in [1.29, 1.82) is 0 Å². The van der Waals surface area contributed by atoms with Gasteiger partial charge < -0.3 is 4.57 Å². The van der Waals surface area contributed by atoms with Crippen molar-refractivity contribution in [1.82, 2.24) is 19.1 Å². The van der Waals surface area contributed by atoms with Gasteiger partial charge in [-0.3, -0.25) is 4.57 Å². The summed E-state index contributed by atoms with van der Waals surface area (Å²) in [5.41, 5.74) is 11.0. The summed E-state index contributed by atoms with van der Waals surface area (Å²) >= 11 is 1.86. The van der Waals surface area contributed by atoms with E-state index in [0.29, 0.717) is 5.95 Å². The summed E-state index contributed by atoms with van der Waals surface area (Å²) in [6, 6.07) is 74.7. The lowest BCUT2D eigenvalue weighted by Crippen LogP contribution is -2.04. The first-order valence-corrected chi connectivity index (χ1v) is 22.2. The van der Waals surface area contributed by atoms with Crippen molar-refractivity contribution in [2.75, 3.05) is 0 Å². The fraction of sp³-hybridized carbons (Fsp3) is 0. The quantitative estimate of drug-likeness (QED) is 0.166. The first-order valence-electron chi connectivity index (χ1n) is 21.4. The molecule has 14 aromatic rings. The third kappa shape index (κ3) is 4.97. The van der Waals surface area contributed by atoms with E-state index in [1.54, 1.807) is 0 Å². The molecule has 0 fully saturated rings. The molecule has 0 amide bonds. The van der Waals surface area contributed by atoms with Crippen LogP contribution in [0.1, 0.15) is 0 Å². The number of benzene rings is 10. The summed E-state index contributed by atoms with van der Waals surface area (Å²) < 4.78 is 7.24. The molecule has 0 bridgehead atoms. The minimum absolute atomic E-state index is 0.662. The van der Waals surface area contributed by atoms with Crippen LogP contribution >= 0.6 is 11.3 Å². The van der Waals surface area contributed by atoms with E-state index in [2.05, 4.69) is 215 Å². The Hall–Kier alpha value is -8.12. The van der Waals surface area contributed by atoms with Crippen LogP contribution in [0.3, 0.4) is 0 Å². The lowest BCUT2D eigenvalue weighted by atomic mass is 9.97. The van der Waals surface area contributed by atoms with Crippen molar-refractivity contribution in [2.24, 2.45) is 0 Å². The van der Waals surface area contributed by atoms with Crippen molar-refractivity contribution in [3.63, 3.8) is 0 Å². The Labute approximate surface area is 365 Å². The van der Waals surface area contributed by atoms with E-state index in [1.807, 2.05) is 11.3 Å². The number of nitrogens with zero attached hydrogens (tertiary/aromatic N) is 4. The predicted octanol–water partition coefficient (Wildman–Crippen LogP) is 15.8. The maximum absolute atomic E-state index is 5.60. The summed E-state index contributed by atoms with van der Waals surface area (Å²) in [4.78, 5) is 11.2. The molecule has 4 heterocycles. The first-order chi connectivity index (χ1) is 31.3. The maximum Gasteiger partial charge on any atom is 0.235 e. The second kappa shape index (κ2) is 13.2. The smallest absolute Gasteiger partial charge is 0.235 e. The van der Waals surface area contributed by atoms with Gasteiger partial charge in [-0.25, -0.2) is 9.97 Å². The zero-order valence-corrected chi connectivity index (χ0v) is 34.6. The van der Waals surface area contributed by atoms with Crippen LogP contribution in [0.15, 0.2) is 206 Å². The monoisotopic (exact) mass is 818 g/mol. The van der Waals surface area contributed by atoms with Gasteiger partial charge in [0.05, 0.1) is 38.0 Å². The molecule has 63 heavy (non-hydrogen) atoms. The molecule has 10 aromatic carbocycles. The molecule has 0 saturated carbocycles. The summed E-state index contributed by atoms with van der Waals surface area (Å²) in [7, 11) is 0. The average Bonchev–Trinajstić information content (AvgIpc) is 4.02. The highest BCUT2D eigenvalue weighted by Crippen LogP contribution is 2.49. The molecule has 0 N–H and O–H groups in total. The molecule has 4 nitrogen and oxygen atoms in total. The van der Waals surface area contributed by atoms with Crippen LogP contribution in [0.25, 0.3) is 130 Å². The zero-order valence-electron chi connectivity index (χ0n) is 33.8. The van der Waals surface area contributed by atoms with Gasteiger partial charge in [0.25, 0.3) is 0 Å². The fourth-order valence-electron chi connectivity index (χ4n) is 10.3. The first kappa shape index (κ1) is 34.6. The van der Waals surface area contributed by atoms with E-state index in [4.69, 9.17) is 9.97 Å². The number of fused-ring (bicyclic) bond motifs is 16. The third-order valence-corrected chi connectivity index (χ3v) is 14.3. The molecule has 0 spiro atoms. The van der Waals surface area contributed by atoms with Gasteiger partial charge in [-0.1, -0.05) is 152 Å². The highest BCUT2D eigenvalue weighted by Gasteiger charge is 2.25. The van der Waals surface area contributed by atoms with Gasteiger partial charge in [0.15, 0.2) is 0 Å². The second-order valence-electron chi connectivity index (χ2n) is 16.5. The average molecular weight is 819 g/mol. The Bertz CT molecular complexity index is 4200. The van der Waals surface area contributed by atoms with E-state index in [1.165, 1.54) is 69.1 Å². The van der Waals surface area contributed by atoms with Gasteiger partial charge in [-0.2, -0.15) is 0 Å². The molecule has 0 aliphatic carbocycles. The van der Waals surface area contributed by atoms with Crippen LogP contribution in [0.5, 0.6) is 0 Å². The van der Waals surface area contributed by atoms with Crippen LogP contribution in [-0.4, -0.2) is 19.1 Å². The van der Waals surface area contributed by atoms with Crippen molar-refractivity contribution < 1.29 is 0 Å². The van der Waals surface area contributed by atoms with Gasteiger partial charge in [0.2, 0.25) is 5.95 Å². The Kier molecular flexibility index (Phi) is 7.24. The van der Waals surface area contributed by atoms with Crippen molar-refractivity contribution in [2.45, 2.75) is 0 Å². The SMILES string of the molecule is c1ccc(-c2nc(-n3c4ccc(-c5ccc6c(c5)c5ccccc5n6-c5ccccc5)cc4c4c5ccccc5c5c6ccccc6sc5c43)nc3c2ccc2ccccc23)cc1. The van der Waals surface area contributed by atoms with E-state index < -0.39 is 0 Å². The van der Waals surface area contributed by atoms with E-state index >= 15 is 0 Å². The van der Waals surface area contributed by atoms with Gasteiger partial charge >= 0.3 is 0 Å². The minimum Gasteiger partial charge on any atom is -0.309 e. The van der Waals surface area contributed by atoms with Crippen LogP contribution in [0.2, 0.25) is 0 Å². The van der Waals surface area contributed by atoms with E-state index in [0.717, 1.165) is 55.2 Å². The Morgan fingerprint density at radius 1 is 0.365 bits per heavy atom. The fourth-order valence-corrected chi connectivity index (χ4v) is 11.6. The Morgan fingerprint density at radius 2 is 0.968 bits per heavy atom. The third-order valence-electron chi connectivity index (χ3n) is 13.1. The Morgan fingerprint density at radius 3 is 1.76 bits per heavy atom. The lowest BCUT2D eigenvalue weighted by Gasteiger charge is -2.14. The lowest BCUT2D eigenvalue weighted by molar-refractivity contribution is 1.02. The maximum atomic E-state index is 5.60. The normalized spacial score (nSPS) is 12.1. The number of rotatable bonds is 4. The number of para-hydroxylation sites is 2. The minimum atomic E-state index is 0.662. The van der Waals surface area contributed by atoms with Gasteiger partial charge in [0, 0.05) is 59.0 Å². The predicted molar refractivity (Wildman–Crippen MR) is 267 cm³/mol. The topological polar surface area (TPSA) is 35.6 Å². The summed E-state index contributed by atoms with van der Waals surface area (Å²) in [5, 5.41) is 13.2. The van der Waals surface area contributed by atoms with Crippen molar-refractivity contribution in [3.8, 4) is 34.0 Å². The molecular weight excluding hydrogens is 785 g/mol. The molecule has 0 saturated heterocycles. The molecule has 292 valence electrons. The Balaban J connectivity index is 1.12. The highest BCUT2D eigenvalue weighted by molar-refractivity contribution is 7.27. The van der Waals surface area contributed by atoms with E-state index in [-0.39, 0.29) is 0 Å². The molecular formula is C58H34N4S. The molecule has 14 rings (SSSR count). The van der Waals surface area contributed by atoms with Crippen LogP contribution in [0.4, 0.5) is 0 Å². The number of hydrogen-bond acceptors (Lipinski definition) is 3. The summed E-state index contributed by atoms with van der Waals surface area (Å²) in [6.07, 6.45) is 0. The molecule has 0 radical (unpaired) electrons. The van der Waals surface area contributed by atoms with Gasteiger partial charge in [-0.15, -0.1) is 11.3 Å². The van der Waals surface area contributed by atoms with E-state index in [9.17, 15) is 0 Å². The number of aromatic nitrogens is 4. The molecule has 0 unspecified atom stereocenters. The van der Waals surface area contributed by atoms with Crippen LogP contribution < -0.4 is 0 Å². The molecule has 0 atom stereocenters. The zero-order chi connectivity index (χ0) is 41.2. The summed E-state index contributed by atoms with van der Waals surface area (Å²) in [6.45, 7) is 0. The van der Waals surface area contributed by atoms with Crippen LogP contribution in [0, 0.1) is 0 Å². The number of hydrogen-bond donors (Lipinski definition) is 0.